The Morgan fingerprint density at radius 2 is 1.76 bits per heavy atom. The Hall–Kier alpha value is -1.02. The van der Waals surface area contributed by atoms with Gasteiger partial charge in [0.05, 0.1) is 0 Å². The first kappa shape index (κ1) is 16.4. The van der Waals surface area contributed by atoms with E-state index in [1.54, 1.807) is 0 Å². The summed E-state index contributed by atoms with van der Waals surface area (Å²) < 4.78 is 0. The topological polar surface area (TPSA) is 15.3 Å². The summed E-state index contributed by atoms with van der Waals surface area (Å²) in [5.41, 5.74) is 2.83. The second-order valence-electron chi connectivity index (χ2n) is 6.23. The largest absolute Gasteiger partial charge is 0.369 e. The Balaban J connectivity index is 2.05. The summed E-state index contributed by atoms with van der Waals surface area (Å²) in [6, 6.07) is 10.6. The molecule has 2 rings (SSSR count). The van der Waals surface area contributed by atoms with Gasteiger partial charge in [-0.05, 0) is 56.8 Å². The Kier molecular flexibility index (Phi) is 6.56. The molecule has 0 aromatic heterocycles. The van der Waals surface area contributed by atoms with Crippen LogP contribution in [0.4, 0.5) is 5.69 Å². The van der Waals surface area contributed by atoms with Crippen molar-refractivity contribution in [1.82, 2.24) is 5.32 Å². The molecule has 0 saturated heterocycles. The molecule has 1 saturated carbocycles. The van der Waals surface area contributed by atoms with Gasteiger partial charge in [0.2, 0.25) is 0 Å². The van der Waals surface area contributed by atoms with Crippen LogP contribution in [0.15, 0.2) is 24.3 Å². The number of nitrogens with zero attached hydrogens (tertiary/aromatic N) is 1. The highest BCUT2D eigenvalue weighted by atomic mass is 15.2. The van der Waals surface area contributed by atoms with E-state index in [1.807, 2.05) is 0 Å². The van der Waals surface area contributed by atoms with E-state index in [9.17, 15) is 0 Å². The minimum absolute atomic E-state index is 0.501. The molecule has 0 aliphatic heterocycles. The van der Waals surface area contributed by atoms with Crippen molar-refractivity contribution in [1.29, 1.82) is 0 Å². The van der Waals surface area contributed by atoms with Gasteiger partial charge in [0.15, 0.2) is 0 Å². The Bertz CT molecular complexity index is 393. The maximum absolute atomic E-state index is 3.64. The molecule has 118 valence electrons. The second kappa shape index (κ2) is 8.43. The van der Waals surface area contributed by atoms with Crippen LogP contribution in [-0.2, 0) is 0 Å². The lowest BCUT2D eigenvalue weighted by molar-refractivity contribution is 0.518. The molecule has 1 aliphatic rings. The van der Waals surface area contributed by atoms with Crippen LogP contribution < -0.4 is 10.2 Å². The van der Waals surface area contributed by atoms with E-state index >= 15 is 0 Å². The van der Waals surface area contributed by atoms with Gasteiger partial charge in [-0.3, -0.25) is 0 Å². The Labute approximate surface area is 130 Å². The average molecular weight is 288 g/mol. The van der Waals surface area contributed by atoms with Crippen LogP contribution in [0, 0.1) is 0 Å². The van der Waals surface area contributed by atoms with Gasteiger partial charge in [0.25, 0.3) is 0 Å². The van der Waals surface area contributed by atoms with Gasteiger partial charge < -0.3 is 10.2 Å². The molecule has 1 aromatic carbocycles. The quantitative estimate of drug-likeness (QED) is 0.731. The van der Waals surface area contributed by atoms with Gasteiger partial charge in [-0.15, -0.1) is 0 Å². The van der Waals surface area contributed by atoms with Crippen LogP contribution >= 0.6 is 0 Å². The third-order valence-electron chi connectivity index (χ3n) is 4.78. The first-order valence-corrected chi connectivity index (χ1v) is 8.90. The zero-order chi connectivity index (χ0) is 15.1. The van der Waals surface area contributed by atoms with Crippen LogP contribution in [0.25, 0.3) is 0 Å². The maximum Gasteiger partial charge on any atom is 0.0368 e. The molecule has 21 heavy (non-hydrogen) atoms. The van der Waals surface area contributed by atoms with Crippen LogP contribution in [0.1, 0.15) is 70.9 Å². The highest BCUT2D eigenvalue weighted by molar-refractivity contribution is 5.49. The lowest BCUT2D eigenvalue weighted by Crippen LogP contribution is -2.32. The highest BCUT2D eigenvalue weighted by Gasteiger charge is 2.21. The van der Waals surface area contributed by atoms with Gasteiger partial charge in [0.1, 0.15) is 0 Å². The van der Waals surface area contributed by atoms with Crippen LogP contribution in [0.2, 0.25) is 0 Å². The van der Waals surface area contributed by atoms with Crippen molar-refractivity contribution >= 4 is 5.69 Å². The van der Waals surface area contributed by atoms with E-state index < -0.39 is 0 Å². The summed E-state index contributed by atoms with van der Waals surface area (Å²) in [4.78, 5) is 2.59. The molecule has 1 N–H and O–H groups in total. The van der Waals surface area contributed by atoms with Crippen LogP contribution in [-0.4, -0.2) is 19.1 Å². The third-order valence-corrected chi connectivity index (χ3v) is 4.78. The molecule has 0 amide bonds. The highest BCUT2D eigenvalue weighted by Crippen LogP contribution is 2.29. The normalized spacial score (nSPS) is 17.1. The van der Waals surface area contributed by atoms with E-state index in [0.717, 1.165) is 25.6 Å². The van der Waals surface area contributed by atoms with Crippen LogP contribution in [0.3, 0.4) is 0 Å². The molecule has 1 fully saturated rings. The van der Waals surface area contributed by atoms with Gasteiger partial charge in [-0.2, -0.15) is 0 Å². The molecule has 1 aromatic rings. The van der Waals surface area contributed by atoms with E-state index in [1.165, 1.54) is 43.4 Å². The zero-order valence-electron chi connectivity index (χ0n) is 14.1. The van der Waals surface area contributed by atoms with Crippen molar-refractivity contribution in [3.8, 4) is 0 Å². The Morgan fingerprint density at radius 1 is 1.10 bits per heavy atom. The molecule has 1 unspecified atom stereocenters. The molecule has 2 heteroatoms. The van der Waals surface area contributed by atoms with Crippen LogP contribution in [0.5, 0.6) is 0 Å². The van der Waals surface area contributed by atoms with Gasteiger partial charge in [-0.1, -0.05) is 38.8 Å². The monoisotopic (exact) mass is 288 g/mol. The van der Waals surface area contributed by atoms with Crippen molar-refractivity contribution in [3.05, 3.63) is 29.8 Å². The smallest absolute Gasteiger partial charge is 0.0368 e. The summed E-state index contributed by atoms with van der Waals surface area (Å²) in [6.07, 6.45) is 7.88. The van der Waals surface area contributed by atoms with Gasteiger partial charge in [-0.25, -0.2) is 0 Å². The number of nitrogens with one attached hydrogen (secondary N) is 1. The fraction of sp³-hybridized carbons (Fsp3) is 0.684. The fourth-order valence-corrected chi connectivity index (χ4v) is 3.58. The summed E-state index contributed by atoms with van der Waals surface area (Å²) >= 11 is 0. The summed E-state index contributed by atoms with van der Waals surface area (Å²) in [5.74, 6) is 0. The number of hydrogen-bond acceptors (Lipinski definition) is 2. The molecular weight excluding hydrogens is 256 g/mol. The molecular formula is C19H32N2. The van der Waals surface area contributed by atoms with Gasteiger partial charge >= 0.3 is 0 Å². The standard InChI is InChI=1S/C19H32N2/c1-4-15-20-19(5-2)16-11-13-18(14-12-16)21(6-3)17-9-7-8-10-17/h11-14,17,19-20H,4-10,15H2,1-3H3. The Morgan fingerprint density at radius 3 is 2.29 bits per heavy atom. The zero-order valence-corrected chi connectivity index (χ0v) is 14.1. The van der Waals surface area contributed by atoms with Crippen molar-refractivity contribution in [2.45, 2.75) is 71.4 Å². The van der Waals surface area contributed by atoms with E-state index in [2.05, 4.69) is 55.3 Å². The third kappa shape index (κ3) is 4.23. The molecule has 0 spiro atoms. The van der Waals surface area contributed by atoms with Crippen molar-refractivity contribution in [2.75, 3.05) is 18.0 Å². The van der Waals surface area contributed by atoms with Crippen molar-refractivity contribution in [2.24, 2.45) is 0 Å². The molecule has 1 atom stereocenters. The molecule has 2 nitrogen and oxygen atoms in total. The predicted octanol–water partition coefficient (Wildman–Crippen LogP) is 4.91. The van der Waals surface area contributed by atoms with E-state index in [-0.39, 0.29) is 0 Å². The summed E-state index contributed by atoms with van der Waals surface area (Å²) in [7, 11) is 0. The average Bonchev–Trinajstić information content (AvgIpc) is 3.04. The minimum Gasteiger partial charge on any atom is -0.369 e. The van der Waals surface area contributed by atoms with Gasteiger partial charge in [0, 0.05) is 24.3 Å². The maximum atomic E-state index is 3.64. The van der Waals surface area contributed by atoms with E-state index in [0.29, 0.717) is 6.04 Å². The van der Waals surface area contributed by atoms with E-state index in [4.69, 9.17) is 0 Å². The number of anilines is 1. The minimum atomic E-state index is 0.501. The van der Waals surface area contributed by atoms with Crippen molar-refractivity contribution in [3.63, 3.8) is 0 Å². The lowest BCUT2D eigenvalue weighted by Gasteiger charge is -2.30. The lowest BCUT2D eigenvalue weighted by atomic mass is 10.0. The number of hydrogen-bond donors (Lipinski definition) is 1. The fourth-order valence-electron chi connectivity index (χ4n) is 3.58. The number of rotatable bonds is 8. The molecule has 0 bridgehead atoms. The summed E-state index contributed by atoms with van der Waals surface area (Å²) in [5, 5.41) is 3.64. The first-order valence-electron chi connectivity index (χ1n) is 8.90. The second-order valence-corrected chi connectivity index (χ2v) is 6.23. The molecule has 0 radical (unpaired) electrons. The molecule has 0 heterocycles. The number of benzene rings is 1. The summed E-state index contributed by atoms with van der Waals surface area (Å²) in [6.45, 7) is 8.99. The first-order chi connectivity index (χ1) is 10.3. The molecule has 1 aliphatic carbocycles. The SMILES string of the molecule is CCCNC(CC)c1ccc(N(CC)C2CCCC2)cc1. The van der Waals surface area contributed by atoms with Crippen molar-refractivity contribution < 1.29 is 0 Å². The predicted molar refractivity (Wildman–Crippen MR) is 93.0 cm³/mol.